The van der Waals surface area contributed by atoms with Gasteiger partial charge in [0.1, 0.15) is 0 Å². The second-order valence-corrected chi connectivity index (χ2v) is 5.72. The SMILES string of the molecule is O=C(NC(CCl)c1ccccc1)c1ccc(Cl)s1. The van der Waals surface area contributed by atoms with Crippen molar-refractivity contribution in [3.8, 4) is 0 Å². The van der Waals surface area contributed by atoms with Gasteiger partial charge in [0.25, 0.3) is 5.91 Å². The fourth-order valence-corrected chi connectivity index (χ4v) is 2.76. The van der Waals surface area contributed by atoms with E-state index < -0.39 is 0 Å². The molecule has 0 saturated carbocycles. The summed E-state index contributed by atoms with van der Waals surface area (Å²) in [4.78, 5) is 12.6. The third-order valence-corrected chi connectivity index (χ3v) is 4.00. The van der Waals surface area contributed by atoms with Crippen LogP contribution in [0.4, 0.5) is 0 Å². The highest BCUT2D eigenvalue weighted by Crippen LogP contribution is 2.22. The van der Waals surface area contributed by atoms with Crippen molar-refractivity contribution in [2.75, 3.05) is 5.88 Å². The summed E-state index contributed by atoms with van der Waals surface area (Å²) in [5.41, 5.74) is 0.989. The van der Waals surface area contributed by atoms with Gasteiger partial charge in [-0.2, -0.15) is 0 Å². The number of hydrogen-bond acceptors (Lipinski definition) is 2. The Labute approximate surface area is 120 Å². The van der Waals surface area contributed by atoms with Crippen molar-refractivity contribution in [1.29, 1.82) is 0 Å². The standard InChI is InChI=1S/C13H11Cl2NOS/c14-8-10(9-4-2-1-3-5-9)16-13(17)11-6-7-12(15)18-11/h1-7,10H,8H2,(H,16,17). The van der Waals surface area contributed by atoms with Crippen LogP contribution in [0.1, 0.15) is 21.3 Å². The van der Waals surface area contributed by atoms with Crippen molar-refractivity contribution >= 4 is 40.4 Å². The van der Waals surface area contributed by atoms with Gasteiger partial charge in [-0.1, -0.05) is 41.9 Å². The van der Waals surface area contributed by atoms with Gasteiger partial charge in [-0.05, 0) is 17.7 Å². The Kier molecular flexibility index (Phi) is 4.64. The molecule has 0 saturated heterocycles. The lowest BCUT2D eigenvalue weighted by molar-refractivity contribution is 0.0944. The number of rotatable bonds is 4. The van der Waals surface area contributed by atoms with Gasteiger partial charge in [-0.25, -0.2) is 0 Å². The number of amides is 1. The highest BCUT2D eigenvalue weighted by atomic mass is 35.5. The summed E-state index contributed by atoms with van der Waals surface area (Å²) in [5, 5.41) is 2.89. The number of hydrogen-bond donors (Lipinski definition) is 1. The number of thiophene rings is 1. The average molecular weight is 300 g/mol. The van der Waals surface area contributed by atoms with E-state index in [1.165, 1.54) is 11.3 Å². The smallest absolute Gasteiger partial charge is 0.261 e. The van der Waals surface area contributed by atoms with Crippen LogP contribution in [-0.4, -0.2) is 11.8 Å². The Balaban J connectivity index is 2.10. The minimum absolute atomic E-state index is 0.151. The van der Waals surface area contributed by atoms with E-state index in [1.54, 1.807) is 12.1 Å². The highest BCUT2D eigenvalue weighted by molar-refractivity contribution is 7.17. The predicted octanol–water partition coefficient (Wildman–Crippen LogP) is 4.11. The maximum Gasteiger partial charge on any atom is 0.261 e. The Bertz CT molecular complexity index is 527. The molecule has 18 heavy (non-hydrogen) atoms. The number of nitrogens with one attached hydrogen (secondary N) is 1. The van der Waals surface area contributed by atoms with E-state index in [4.69, 9.17) is 23.2 Å². The molecular formula is C13H11Cl2NOS. The lowest BCUT2D eigenvalue weighted by Crippen LogP contribution is -2.28. The van der Waals surface area contributed by atoms with E-state index in [1.807, 2.05) is 30.3 Å². The van der Waals surface area contributed by atoms with Crippen LogP contribution in [-0.2, 0) is 0 Å². The first-order valence-corrected chi connectivity index (χ1v) is 7.10. The maximum absolute atomic E-state index is 12.0. The van der Waals surface area contributed by atoms with Crippen LogP contribution < -0.4 is 5.32 Å². The van der Waals surface area contributed by atoms with Gasteiger partial charge in [0, 0.05) is 5.88 Å². The van der Waals surface area contributed by atoms with Crippen molar-refractivity contribution in [3.05, 3.63) is 57.2 Å². The Morgan fingerprint density at radius 3 is 2.50 bits per heavy atom. The van der Waals surface area contributed by atoms with Crippen molar-refractivity contribution < 1.29 is 4.79 Å². The number of benzene rings is 1. The first-order valence-electron chi connectivity index (χ1n) is 5.38. The van der Waals surface area contributed by atoms with Crippen LogP contribution in [0.5, 0.6) is 0 Å². The Hall–Kier alpha value is -1.03. The molecule has 0 fully saturated rings. The number of carbonyl (C=O) groups is 1. The Morgan fingerprint density at radius 1 is 1.22 bits per heavy atom. The predicted molar refractivity (Wildman–Crippen MR) is 76.7 cm³/mol. The molecule has 0 aliphatic rings. The molecule has 1 aromatic heterocycles. The average Bonchev–Trinajstić information content (AvgIpc) is 2.83. The normalized spacial score (nSPS) is 12.1. The lowest BCUT2D eigenvalue weighted by Gasteiger charge is -2.15. The zero-order valence-corrected chi connectivity index (χ0v) is 11.7. The molecule has 0 aliphatic heterocycles. The molecule has 1 unspecified atom stereocenters. The molecule has 2 aromatic rings. The minimum atomic E-state index is -0.193. The first kappa shape index (κ1) is 13.4. The molecule has 0 bridgehead atoms. The van der Waals surface area contributed by atoms with Crippen LogP contribution in [0.3, 0.4) is 0 Å². The van der Waals surface area contributed by atoms with Crippen molar-refractivity contribution in [3.63, 3.8) is 0 Å². The molecule has 94 valence electrons. The number of alkyl halides is 1. The molecule has 1 atom stereocenters. The minimum Gasteiger partial charge on any atom is -0.343 e. The third kappa shape index (κ3) is 3.25. The highest BCUT2D eigenvalue weighted by Gasteiger charge is 2.15. The van der Waals surface area contributed by atoms with Crippen molar-refractivity contribution in [2.45, 2.75) is 6.04 Å². The van der Waals surface area contributed by atoms with Gasteiger partial charge < -0.3 is 5.32 Å². The fourth-order valence-electron chi connectivity index (χ4n) is 1.56. The van der Waals surface area contributed by atoms with E-state index in [0.29, 0.717) is 15.1 Å². The number of halogens is 2. The molecular weight excluding hydrogens is 289 g/mol. The van der Waals surface area contributed by atoms with E-state index >= 15 is 0 Å². The van der Waals surface area contributed by atoms with Crippen LogP contribution in [0.25, 0.3) is 0 Å². The van der Waals surface area contributed by atoms with Crippen LogP contribution in [0.15, 0.2) is 42.5 Å². The van der Waals surface area contributed by atoms with Gasteiger partial charge in [0.05, 0.1) is 15.3 Å². The summed E-state index contributed by atoms with van der Waals surface area (Å²) in [6.45, 7) is 0. The molecule has 1 N–H and O–H groups in total. The zero-order valence-electron chi connectivity index (χ0n) is 9.40. The van der Waals surface area contributed by atoms with Crippen LogP contribution in [0, 0.1) is 0 Å². The molecule has 2 rings (SSSR count). The van der Waals surface area contributed by atoms with Crippen molar-refractivity contribution in [1.82, 2.24) is 5.32 Å². The monoisotopic (exact) mass is 299 g/mol. The molecule has 0 radical (unpaired) electrons. The summed E-state index contributed by atoms with van der Waals surface area (Å²) >= 11 is 13.0. The van der Waals surface area contributed by atoms with Crippen molar-refractivity contribution in [2.24, 2.45) is 0 Å². The molecule has 0 spiro atoms. The van der Waals surface area contributed by atoms with E-state index in [9.17, 15) is 4.79 Å². The fraction of sp³-hybridized carbons (Fsp3) is 0.154. The van der Waals surface area contributed by atoms with E-state index in [2.05, 4.69) is 5.32 Å². The van der Waals surface area contributed by atoms with Gasteiger partial charge >= 0.3 is 0 Å². The van der Waals surface area contributed by atoms with Gasteiger partial charge in [0.15, 0.2) is 0 Å². The lowest BCUT2D eigenvalue weighted by atomic mass is 10.1. The maximum atomic E-state index is 12.0. The molecule has 1 aromatic carbocycles. The molecule has 1 amide bonds. The largest absolute Gasteiger partial charge is 0.343 e. The van der Waals surface area contributed by atoms with E-state index in [-0.39, 0.29) is 11.9 Å². The van der Waals surface area contributed by atoms with Gasteiger partial charge in [-0.15, -0.1) is 22.9 Å². The summed E-state index contributed by atoms with van der Waals surface area (Å²) < 4.78 is 0.599. The van der Waals surface area contributed by atoms with Gasteiger partial charge in [-0.3, -0.25) is 4.79 Å². The second kappa shape index (κ2) is 6.23. The molecule has 1 heterocycles. The summed E-state index contributed by atoms with van der Waals surface area (Å²) in [5.74, 6) is 0.177. The topological polar surface area (TPSA) is 29.1 Å². The number of carbonyl (C=O) groups excluding carboxylic acids is 1. The van der Waals surface area contributed by atoms with Crippen LogP contribution >= 0.6 is 34.5 Å². The summed E-state index contributed by atoms with van der Waals surface area (Å²) in [7, 11) is 0. The summed E-state index contributed by atoms with van der Waals surface area (Å²) in [6.07, 6.45) is 0. The first-order chi connectivity index (χ1) is 8.70. The third-order valence-electron chi connectivity index (χ3n) is 2.46. The molecule has 5 heteroatoms. The van der Waals surface area contributed by atoms with E-state index in [0.717, 1.165) is 5.56 Å². The summed E-state index contributed by atoms with van der Waals surface area (Å²) in [6, 6.07) is 12.9. The zero-order chi connectivity index (χ0) is 13.0. The van der Waals surface area contributed by atoms with Crippen LogP contribution in [0.2, 0.25) is 4.34 Å². The quantitative estimate of drug-likeness (QED) is 0.846. The molecule has 2 nitrogen and oxygen atoms in total. The second-order valence-electron chi connectivity index (χ2n) is 3.69. The molecule has 0 aliphatic carbocycles. The Morgan fingerprint density at radius 2 is 1.94 bits per heavy atom. The van der Waals surface area contributed by atoms with Gasteiger partial charge in [0.2, 0.25) is 0 Å².